The number of fused-ring (bicyclic) bond motifs is 1. The molecule has 0 radical (unpaired) electrons. The summed E-state index contributed by atoms with van der Waals surface area (Å²) in [5.41, 5.74) is 9.44. The number of aromatic nitrogens is 2. The van der Waals surface area contributed by atoms with Crippen molar-refractivity contribution >= 4 is 11.8 Å². The number of nitrogens with two attached hydrogens (primary N) is 1. The first-order chi connectivity index (χ1) is 13.2. The summed E-state index contributed by atoms with van der Waals surface area (Å²) in [6.45, 7) is 1.10. The van der Waals surface area contributed by atoms with Gasteiger partial charge < -0.3 is 10.5 Å². The van der Waals surface area contributed by atoms with Gasteiger partial charge in [-0.25, -0.2) is 9.78 Å². The number of benzene rings is 1. The van der Waals surface area contributed by atoms with Crippen molar-refractivity contribution < 1.29 is 9.53 Å². The van der Waals surface area contributed by atoms with Gasteiger partial charge in [0.1, 0.15) is 18.2 Å². The molecule has 0 atom stereocenters. The van der Waals surface area contributed by atoms with Gasteiger partial charge in [0, 0.05) is 30.1 Å². The highest BCUT2D eigenvalue weighted by Gasteiger charge is 2.22. The van der Waals surface area contributed by atoms with Crippen LogP contribution in [0.5, 0.6) is 5.75 Å². The van der Waals surface area contributed by atoms with Crippen LogP contribution in [0, 0.1) is 0 Å². The molecule has 6 heteroatoms. The minimum absolute atomic E-state index is 0.464. The predicted octanol–water partition coefficient (Wildman–Crippen LogP) is 3.55. The van der Waals surface area contributed by atoms with Crippen molar-refractivity contribution in [1.29, 1.82) is 0 Å². The van der Waals surface area contributed by atoms with Crippen LogP contribution < -0.4 is 15.4 Å². The van der Waals surface area contributed by atoms with Gasteiger partial charge >= 0.3 is 6.03 Å². The summed E-state index contributed by atoms with van der Waals surface area (Å²) >= 11 is 0. The van der Waals surface area contributed by atoms with Gasteiger partial charge in [-0.3, -0.25) is 9.88 Å². The molecule has 6 nitrogen and oxygen atoms in total. The van der Waals surface area contributed by atoms with Crippen LogP contribution in [0.4, 0.5) is 10.6 Å². The molecule has 3 heterocycles. The molecule has 27 heavy (non-hydrogen) atoms. The van der Waals surface area contributed by atoms with Gasteiger partial charge in [-0.05, 0) is 36.1 Å². The number of rotatable bonds is 4. The third-order valence-corrected chi connectivity index (χ3v) is 4.59. The number of pyridine rings is 2. The number of hydrogen-bond donors (Lipinski definition) is 1. The summed E-state index contributed by atoms with van der Waals surface area (Å²) in [5.74, 6) is 1.36. The Balaban J connectivity index is 1.56. The quantitative estimate of drug-likeness (QED) is 0.771. The minimum atomic E-state index is -0.464. The molecule has 0 bridgehead atoms. The number of ether oxygens (including phenoxy) is 1. The first-order valence-electron chi connectivity index (χ1n) is 8.89. The fraction of sp³-hybridized carbons (Fsp3) is 0.190. The highest BCUT2D eigenvalue weighted by molar-refractivity contribution is 5.91. The number of aryl methyl sites for hydroxylation is 1. The SMILES string of the molecule is NC(=O)N1CCCc2cc(-c3cncc(OCc4ccccc4)c3)cnc21. The van der Waals surface area contributed by atoms with Gasteiger partial charge in [0.2, 0.25) is 0 Å². The Hall–Kier alpha value is -3.41. The molecule has 0 saturated carbocycles. The van der Waals surface area contributed by atoms with Crippen LogP contribution in [0.3, 0.4) is 0 Å². The highest BCUT2D eigenvalue weighted by atomic mass is 16.5. The van der Waals surface area contributed by atoms with E-state index in [1.807, 2.05) is 36.4 Å². The van der Waals surface area contributed by atoms with Crippen LogP contribution in [-0.2, 0) is 13.0 Å². The van der Waals surface area contributed by atoms with E-state index in [-0.39, 0.29) is 0 Å². The summed E-state index contributed by atoms with van der Waals surface area (Å²) in [5, 5.41) is 0. The van der Waals surface area contributed by atoms with Gasteiger partial charge in [-0.2, -0.15) is 0 Å². The molecule has 0 saturated heterocycles. The number of nitrogens with zero attached hydrogens (tertiary/aromatic N) is 3. The van der Waals surface area contributed by atoms with E-state index >= 15 is 0 Å². The zero-order valence-electron chi connectivity index (χ0n) is 14.8. The molecular weight excluding hydrogens is 340 g/mol. The topological polar surface area (TPSA) is 81.3 Å². The van der Waals surface area contributed by atoms with Crippen LogP contribution in [0.15, 0.2) is 61.1 Å². The van der Waals surface area contributed by atoms with Gasteiger partial charge in [-0.1, -0.05) is 30.3 Å². The molecular formula is C21H20N4O2. The van der Waals surface area contributed by atoms with Crippen LogP contribution in [-0.4, -0.2) is 22.5 Å². The molecule has 2 aromatic heterocycles. The number of urea groups is 1. The van der Waals surface area contributed by atoms with Crippen LogP contribution in [0.2, 0.25) is 0 Å². The smallest absolute Gasteiger partial charge is 0.320 e. The van der Waals surface area contributed by atoms with E-state index in [4.69, 9.17) is 10.5 Å². The second-order valence-corrected chi connectivity index (χ2v) is 6.48. The van der Waals surface area contributed by atoms with Gasteiger partial charge in [0.25, 0.3) is 0 Å². The number of carbonyl (C=O) groups is 1. The van der Waals surface area contributed by atoms with Gasteiger partial charge in [-0.15, -0.1) is 0 Å². The lowest BCUT2D eigenvalue weighted by atomic mass is 10.0. The van der Waals surface area contributed by atoms with Crippen molar-refractivity contribution in [2.45, 2.75) is 19.4 Å². The van der Waals surface area contributed by atoms with E-state index < -0.39 is 6.03 Å². The number of carbonyl (C=O) groups excluding carboxylic acids is 1. The fourth-order valence-corrected chi connectivity index (χ4v) is 3.23. The zero-order valence-corrected chi connectivity index (χ0v) is 14.8. The maximum atomic E-state index is 11.6. The van der Waals surface area contributed by atoms with Crippen LogP contribution in [0.25, 0.3) is 11.1 Å². The third kappa shape index (κ3) is 3.74. The van der Waals surface area contributed by atoms with Crippen molar-refractivity contribution in [3.05, 3.63) is 72.2 Å². The Bertz CT molecular complexity index is 959. The molecule has 3 aromatic rings. The summed E-state index contributed by atoms with van der Waals surface area (Å²) < 4.78 is 5.86. The molecule has 0 fully saturated rings. The lowest BCUT2D eigenvalue weighted by Gasteiger charge is -2.26. The van der Waals surface area contributed by atoms with E-state index in [0.717, 1.165) is 35.1 Å². The largest absolute Gasteiger partial charge is 0.487 e. The van der Waals surface area contributed by atoms with E-state index in [2.05, 4.69) is 16.0 Å². The molecule has 2 N–H and O–H groups in total. The van der Waals surface area contributed by atoms with Crippen LogP contribution >= 0.6 is 0 Å². The lowest BCUT2D eigenvalue weighted by Crippen LogP contribution is -2.40. The lowest BCUT2D eigenvalue weighted by molar-refractivity contribution is 0.253. The van der Waals surface area contributed by atoms with E-state index in [1.165, 1.54) is 4.90 Å². The number of hydrogen-bond acceptors (Lipinski definition) is 4. The molecule has 136 valence electrons. The highest BCUT2D eigenvalue weighted by Crippen LogP contribution is 2.30. The second-order valence-electron chi connectivity index (χ2n) is 6.48. The van der Waals surface area contributed by atoms with E-state index in [9.17, 15) is 4.79 Å². The average molecular weight is 360 g/mol. The number of primary amides is 1. The van der Waals surface area contributed by atoms with Crippen LogP contribution in [0.1, 0.15) is 17.5 Å². The fourth-order valence-electron chi connectivity index (χ4n) is 3.23. The molecule has 1 aliphatic heterocycles. The zero-order chi connectivity index (χ0) is 18.6. The molecule has 1 aromatic carbocycles. The second kappa shape index (κ2) is 7.45. The Morgan fingerprint density at radius 3 is 2.74 bits per heavy atom. The maximum absolute atomic E-state index is 11.6. The van der Waals surface area contributed by atoms with Gasteiger partial charge in [0.05, 0.1) is 6.20 Å². The average Bonchev–Trinajstić information content (AvgIpc) is 2.72. The Morgan fingerprint density at radius 2 is 1.93 bits per heavy atom. The van der Waals surface area contributed by atoms with Crippen molar-refractivity contribution in [1.82, 2.24) is 9.97 Å². The number of amides is 2. The summed E-state index contributed by atoms with van der Waals surface area (Å²) in [6, 6.07) is 13.5. The monoisotopic (exact) mass is 360 g/mol. The molecule has 0 unspecified atom stereocenters. The van der Waals surface area contributed by atoms with Crippen molar-refractivity contribution in [3.8, 4) is 16.9 Å². The first kappa shape index (κ1) is 17.0. The predicted molar refractivity (Wildman–Crippen MR) is 103 cm³/mol. The van der Waals surface area contributed by atoms with Crippen molar-refractivity contribution in [2.75, 3.05) is 11.4 Å². The van der Waals surface area contributed by atoms with Crippen molar-refractivity contribution in [3.63, 3.8) is 0 Å². The Kier molecular flexibility index (Phi) is 4.70. The maximum Gasteiger partial charge on any atom is 0.320 e. The number of anilines is 1. The minimum Gasteiger partial charge on any atom is -0.487 e. The molecule has 2 amide bonds. The van der Waals surface area contributed by atoms with Crippen molar-refractivity contribution in [2.24, 2.45) is 5.73 Å². The Labute approximate surface area is 157 Å². The molecule has 4 rings (SSSR count). The van der Waals surface area contributed by atoms with E-state index in [1.54, 1.807) is 18.6 Å². The van der Waals surface area contributed by atoms with E-state index in [0.29, 0.717) is 24.7 Å². The Morgan fingerprint density at radius 1 is 1.11 bits per heavy atom. The summed E-state index contributed by atoms with van der Waals surface area (Å²) in [6.07, 6.45) is 6.98. The summed E-state index contributed by atoms with van der Waals surface area (Å²) in [7, 11) is 0. The third-order valence-electron chi connectivity index (χ3n) is 4.59. The first-order valence-corrected chi connectivity index (χ1v) is 8.89. The molecule has 0 aliphatic carbocycles. The summed E-state index contributed by atoms with van der Waals surface area (Å²) in [4.78, 5) is 21.9. The standard InChI is InChI=1S/C21H20N4O2/c22-21(26)25-8-4-7-16-9-17(12-24-20(16)25)18-10-19(13-23-11-18)27-14-15-5-2-1-3-6-15/h1-3,5-6,9-13H,4,7-8,14H2,(H2,22,26). The molecule has 0 spiro atoms. The normalized spacial score (nSPS) is 13.1. The van der Waals surface area contributed by atoms with Gasteiger partial charge in [0.15, 0.2) is 0 Å². The molecule has 1 aliphatic rings.